The normalized spacial score (nSPS) is 18.7. The molecule has 0 spiro atoms. The lowest BCUT2D eigenvalue weighted by molar-refractivity contribution is 0.0683. The van der Waals surface area contributed by atoms with Crippen LogP contribution in [-0.4, -0.2) is 30.4 Å². The maximum atomic E-state index is 12.5. The third-order valence-electron chi connectivity index (χ3n) is 3.85. The summed E-state index contributed by atoms with van der Waals surface area (Å²) in [5, 5.41) is 3.27. The van der Waals surface area contributed by atoms with E-state index in [9.17, 15) is 4.79 Å². The van der Waals surface area contributed by atoms with Crippen molar-refractivity contribution in [3.05, 3.63) is 42.0 Å². The number of rotatable bonds is 4. The Morgan fingerprint density at radius 1 is 1.55 bits per heavy atom. The first-order valence-corrected chi connectivity index (χ1v) is 7.36. The largest absolute Gasteiger partial charge is 0.381 e. The molecule has 0 aliphatic carbocycles. The number of nitrogens with one attached hydrogen (secondary N) is 1. The van der Waals surface area contributed by atoms with E-state index in [1.807, 2.05) is 36.1 Å². The predicted molar refractivity (Wildman–Crippen MR) is 84.2 cm³/mol. The van der Waals surface area contributed by atoms with Gasteiger partial charge in [-0.05, 0) is 49.4 Å². The van der Waals surface area contributed by atoms with Crippen LogP contribution in [0.15, 0.2) is 30.9 Å². The summed E-state index contributed by atoms with van der Waals surface area (Å²) in [5.74, 6) is 0.775. The van der Waals surface area contributed by atoms with E-state index in [4.69, 9.17) is 0 Å². The lowest BCUT2D eigenvalue weighted by Crippen LogP contribution is -2.39. The number of aryl methyl sites for hydroxylation is 1. The van der Waals surface area contributed by atoms with Crippen molar-refractivity contribution < 1.29 is 4.79 Å². The number of anilines is 1. The molecule has 0 aromatic heterocycles. The topological polar surface area (TPSA) is 32.3 Å². The molecule has 0 saturated carbocycles. The van der Waals surface area contributed by atoms with Crippen LogP contribution in [-0.2, 0) is 0 Å². The number of hydrogen-bond donors (Lipinski definition) is 1. The summed E-state index contributed by atoms with van der Waals surface area (Å²) in [7, 11) is 0. The number of hydrogen-bond acceptors (Lipinski definition) is 2. The summed E-state index contributed by atoms with van der Waals surface area (Å²) in [6.07, 6.45) is 4.17. The van der Waals surface area contributed by atoms with Gasteiger partial charge in [-0.2, -0.15) is 0 Å². The molecule has 1 aliphatic rings. The third kappa shape index (κ3) is 3.41. The maximum Gasteiger partial charge on any atom is 0.253 e. The molecule has 0 radical (unpaired) electrons. The molecule has 0 bridgehead atoms. The first kappa shape index (κ1) is 14.6. The Labute approximate surface area is 121 Å². The quantitative estimate of drug-likeness (QED) is 0.851. The molecule has 2 rings (SSSR count). The minimum atomic E-state index is 0.162. The highest BCUT2D eigenvalue weighted by Crippen LogP contribution is 2.21. The zero-order chi connectivity index (χ0) is 14.5. The second-order valence-corrected chi connectivity index (χ2v) is 5.70. The van der Waals surface area contributed by atoms with Gasteiger partial charge in [-0.25, -0.2) is 0 Å². The van der Waals surface area contributed by atoms with Gasteiger partial charge in [-0.3, -0.25) is 4.79 Å². The number of carbonyl (C=O) groups is 1. The summed E-state index contributed by atoms with van der Waals surface area (Å²) in [5.41, 5.74) is 2.96. The smallest absolute Gasteiger partial charge is 0.253 e. The van der Waals surface area contributed by atoms with Crippen LogP contribution in [0.2, 0.25) is 0 Å². The van der Waals surface area contributed by atoms with Crippen LogP contribution in [0.3, 0.4) is 0 Å². The maximum absolute atomic E-state index is 12.5. The average Bonchev–Trinajstić information content (AvgIpc) is 2.45. The van der Waals surface area contributed by atoms with E-state index in [-0.39, 0.29) is 5.91 Å². The molecule has 1 aromatic carbocycles. The van der Waals surface area contributed by atoms with Crippen LogP contribution >= 0.6 is 0 Å². The molecule has 1 fully saturated rings. The van der Waals surface area contributed by atoms with E-state index >= 15 is 0 Å². The fraction of sp³-hybridized carbons (Fsp3) is 0.471. The van der Waals surface area contributed by atoms with E-state index < -0.39 is 0 Å². The van der Waals surface area contributed by atoms with Crippen molar-refractivity contribution in [3.63, 3.8) is 0 Å². The van der Waals surface area contributed by atoms with Gasteiger partial charge in [-0.1, -0.05) is 13.0 Å². The second-order valence-electron chi connectivity index (χ2n) is 5.70. The van der Waals surface area contributed by atoms with Gasteiger partial charge in [0.15, 0.2) is 0 Å². The number of likely N-dealkylation sites (tertiary alicyclic amines) is 1. The molecule has 1 aromatic rings. The standard InChI is InChI=1S/C17H24N2O/c1-4-9-18-16-8-7-15(11-14(16)3)17(20)19-10-5-6-13(2)12-19/h4,7-8,11,13,18H,1,5-6,9-10,12H2,2-3H3/t13-/m0/s1. The molecule has 1 saturated heterocycles. The molecule has 108 valence electrons. The molecule has 20 heavy (non-hydrogen) atoms. The van der Waals surface area contributed by atoms with E-state index in [1.165, 1.54) is 6.42 Å². The van der Waals surface area contributed by atoms with Crippen molar-refractivity contribution in [2.75, 3.05) is 25.0 Å². The van der Waals surface area contributed by atoms with Crippen molar-refractivity contribution in [1.29, 1.82) is 0 Å². The Morgan fingerprint density at radius 3 is 3.00 bits per heavy atom. The number of piperidine rings is 1. The van der Waals surface area contributed by atoms with Crippen LogP contribution < -0.4 is 5.32 Å². The van der Waals surface area contributed by atoms with Crippen molar-refractivity contribution in [2.24, 2.45) is 5.92 Å². The van der Waals surface area contributed by atoms with Gasteiger partial charge in [0.2, 0.25) is 0 Å². The highest BCUT2D eigenvalue weighted by atomic mass is 16.2. The molecular weight excluding hydrogens is 248 g/mol. The van der Waals surface area contributed by atoms with Gasteiger partial charge in [0.25, 0.3) is 5.91 Å². The molecule has 1 atom stereocenters. The Morgan fingerprint density at radius 2 is 2.35 bits per heavy atom. The lowest BCUT2D eigenvalue weighted by Gasteiger charge is -2.31. The minimum absolute atomic E-state index is 0.162. The van der Waals surface area contributed by atoms with Gasteiger partial charge in [0, 0.05) is 30.9 Å². The highest BCUT2D eigenvalue weighted by molar-refractivity contribution is 5.95. The zero-order valence-electron chi connectivity index (χ0n) is 12.5. The van der Waals surface area contributed by atoms with Crippen LogP contribution in [0, 0.1) is 12.8 Å². The van der Waals surface area contributed by atoms with Crippen molar-refractivity contribution in [3.8, 4) is 0 Å². The van der Waals surface area contributed by atoms with E-state index in [2.05, 4.69) is 18.8 Å². The molecule has 1 amide bonds. The molecule has 1 N–H and O–H groups in total. The summed E-state index contributed by atoms with van der Waals surface area (Å²) in [6.45, 7) is 10.4. The lowest BCUT2D eigenvalue weighted by atomic mass is 9.99. The molecule has 1 heterocycles. The van der Waals surface area contributed by atoms with Gasteiger partial charge in [-0.15, -0.1) is 6.58 Å². The van der Waals surface area contributed by atoms with Crippen molar-refractivity contribution in [1.82, 2.24) is 4.90 Å². The zero-order valence-corrected chi connectivity index (χ0v) is 12.5. The van der Waals surface area contributed by atoms with Crippen LogP contribution in [0.5, 0.6) is 0 Å². The van der Waals surface area contributed by atoms with Crippen LogP contribution in [0.25, 0.3) is 0 Å². The molecule has 3 heteroatoms. The molecule has 0 unspecified atom stereocenters. The first-order valence-electron chi connectivity index (χ1n) is 7.36. The first-order chi connectivity index (χ1) is 9.61. The molecule has 3 nitrogen and oxygen atoms in total. The summed E-state index contributed by atoms with van der Waals surface area (Å²) >= 11 is 0. The number of nitrogens with zero attached hydrogens (tertiary/aromatic N) is 1. The van der Waals surface area contributed by atoms with Gasteiger partial charge in [0.1, 0.15) is 0 Å². The highest BCUT2D eigenvalue weighted by Gasteiger charge is 2.22. The van der Waals surface area contributed by atoms with E-state index in [1.54, 1.807) is 0 Å². The minimum Gasteiger partial charge on any atom is -0.381 e. The Bertz CT molecular complexity index is 496. The summed E-state index contributed by atoms with van der Waals surface area (Å²) in [4.78, 5) is 14.5. The van der Waals surface area contributed by atoms with Gasteiger partial charge >= 0.3 is 0 Å². The number of benzene rings is 1. The average molecular weight is 272 g/mol. The SMILES string of the molecule is C=CCNc1ccc(C(=O)N2CCC[C@H](C)C2)cc1C. The fourth-order valence-corrected chi connectivity index (χ4v) is 2.73. The predicted octanol–water partition coefficient (Wildman–Crippen LogP) is 3.47. The molecule has 1 aliphatic heterocycles. The summed E-state index contributed by atoms with van der Waals surface area (Å²) < 4.78 is 0. The van der Waals surface area contributed by atoms with E-state index in [0.29, 0.717) is 5.92 Å². The van der Waals surface area contributed by atoms with Crippen molar-refractivity contribution >= 4 is 11.6 Å². The van der Waals surface area contributed by atoms with Crippen molar-refractivity contribution in [2.45, 2.75) is 26.7 Å². The van der Waals surface area contributed by atoms with Gasteiger partial charge < -0.3 is 10.2 Å². The Balaban J connectivity index is 2.10. The number of carbonyl (C=O) groups excluding carboxylic acids is 1. The van der Waals surface area contributed by atoms with Crippen LogP contribution in [0.4, 0.5) is 5.69 Å². The third-order valence-corrected chi connectivity index (χ3v) is 3.85. The van der Waals surface area contributed by atoms with Crippen LogP contribution in [0.1, 0.15) is 35.7 Å². The monoisotopic (exact) mass is 272 g/mol. The Hall–Kier alpha value is -1.77. The Kier molecular flexibility index (Phi) is 4.83. The fourth-order valence-electron chi connectivity index (χ4n) is 2.73. The van der Waals surface area contributed by atoms with E-state index in [0.717, 1.165) is 42.9 Å². The molecular formula is C17H24N2O. The second kappa shape index (κ2) is 6.60. The van der Waals surface area contributed by atoms with Gasteiger partial charge in [0.05, 0.1) is 0 Å². The number of amides is 1. The summed E-state index contributed by atoms with van der Waals surface area (Å²) in [6, 6.07) is 5.88.